The lowest BCUT2D eigenvalue weighted by Crippen LogP contribution is -2.38. The molecule has 0 spiro atoms. The van der Waals surface area contributed by atoms with Crippen LogP contribution in [0.3, 0.4) is 0 Å². The highest BCUT2D eigenvalue weighted by Gasteiger charge is 2.03. The van der Waals surface area contributed by atoms with Crippen LogP contribution in [-0.2, 0) is 13.1 Å². The highest BCUT2D eigenvalue weighted by molar-refractivity contribution is 14.0. The third-order valence-corrected chi connectivity index (χ3v) is 3.46. The fraction of sp³-hybridized carbons (Fsp3) is 0.294. The molecule has 3 N–H and O–H groups in total. The van der Waals surface area contributed by atoms with E-state index in [9.17, 15) is 4.79 Å². The maximum absolute atomic E-state index is 11.5. The largest absolute Gasteiger partial charge is 0.355 e. The van der Waals surface area contributed by atoms with Crippen LogP contribution in [0, 0.1) is 0 Å². The third kappa shape index (κ3) is 6.23. The van der Waals surface area contributed by atoms with Gasteiger partial charge in [-0.3, -0.25) is 9.79 Å². The summed E-state index contributed by atoms with van der Waals surface area (Å²) in [5.41, 5.74) is 1.75. The van der Waals surface area contributed by atoms with Crippen LogP contribution in [0.2, 0.25) is 0 Å². The van der Waals surface area contributed by atoms with Gasteiger partial charge in [0.15, 0.2) is 5.96 Å². The van der Waals surface area contributed by atoms with Crippen molar-refractivity contribution in [2.45, 2.75) is 13.1 Å². The fourth-order valence-corrected chi connectivity index (χ4v) is 2.15. The summed E-state index contributed by atoms with van der Waals surface area (Å²) in [7, 11) is 3.38. The Morgan fingerprint density at radius 3 is 2.38 bits per heavy atom. The van der Waals surface area contributed by atoms with Gasteiger partial charge in [0.1, 0.15) is 0 Å². The van der Waals surface area contributed by atoms with Crippen molar-refractivity contribution >= 4 is 35.8 Å². The molecule has 0 bridgehead atoms. The maximum atomic E-state index is 11.5. The smallest absolute Gasteiger partial charge is 0.251 e. The Balaban J connectivity index is 0.00000288. The molecule has 2 rings (SSSR count). The van der Waals surface area contributed by atoms with Crippen LogP contribution in [0.1, 0.15) is 15.9 Å². The number of amides is 1. The standard InChI is InChI=1S/C17H23N5O.HI/c1-18-16(23)15-7-5-14(6-8-15)13-21-17(19-2)20-9-12-22-10-3-4-11-22;/h3-8,10-11H,9,12-13H2,1-2H3,(H,18,23)(H2,19,20,21);1H. The van der Waals surface area contributed by atoms with Crippen LogP contribution >= 0.6 is 24.0 Å². The molecule has 0 saturated carbocycles. The molecule has 0 aliphatic rings. The summed E-state index contributed by atoms with van der Waals surface area (Å²) < 4.78 is 2.11. The predicted molar refractivity (Wildman–Crippen MR) is 108 cm³/mol. The number of hydrogen-bond donors (Lipinski definition) is 3. The van der Waals surface area contributed by atoms with Gasteiger partial charge in [0.2, 0.25) is 0 Å². The molecule has 0 unspecified atom stereocenters. The second-order valence-corrected chi connectivity index (χ2v) is 5.05. The summed E-state index contributed by atoms with van der Waals surface area (Å²) in [6.45, 7) is 2.33. The van der Waals surface area contributed by atoms with E-state index in [1.807, 2.05) is 48.8 Å². The molecule has 1 amide bonds. The molecule has 1 aromatic heterocycles. The lowest BCUT2D eigenvalue weighted by Gasteiger charge is -2.12. The Morgan fingerprint density at radius 2 is 1.79 bits per heavy atom. The van der Waals surface area contributed by atoms with Gasteiger partial charge >= 0.3 is 0 Å². The summed E-state index contributed by atoms with van der Waals surface area (Å²) in [5.74, 6) is 0.680. The van der Waals surface area contributed by atoms with Gasteiger partial charge in [0, 0.05) is 51.7 Å². The topological polar surface area (TPSA) is 70.5 Å². The fourth-order valence-electron chi connectivity index (χ4n) is 2.15. The molecule has 0 saturated heterocycles. The lowest BCUT2D eigenvalue weighted by atomic mass is 10.1. The van der Waals surface area contributed by atoms with E-state index in [-0.39, 0.29) is 29.9 Å². The summed E-state index contributed by atoms with van der Waals surface area (Å²) in [6, 6.07) is 11.5. The third-order valence-electron chi connectivity index (χ3n) is 3.46. The average molecular weight is 441 g/mol. The van der Waals surface area contributed by atoms with Crippen molar-refractivity contribution < 1.29 is 4.79 Å². The molecule has 7 heteroatoms. The number of aromatic nitrogens is 1. The van der Waals surface area contributed by atoms with Crippen molar-refractivity contribution in [1.82, 2.24) is 20.5 Å². The quantitative estimate of drug-likeness (QED) is 0.364. The molecule has 0 radical (unpaired) electrons. The van der Waals surface area contributed by atoms with Crippen molar-refractivity contribution in [3.05, 3.63) is 59.9 Å². The van der Waals surface area contributed by atoms with Crippen LogP contribution in [-0.4, -0.2) is 37.1 Å². The molecule has 6 nitrogen and oxygen atoms in total. The van der Waals surface area contributed by atoms with Gasteiger partial charge in [-0.05, 0) is 29.8 Å². The van der Waals surface area contributed by atoms with E-state index in [1.165, 1.54) is 0 Å². The van der Waals surface area contributed by atoms with Crippen LogP contribution in [0.15, 0.2) is 53.8 Å². The zero-order valence-corrected chi connectivity index (χ0v) is 16.3. The van der Waals surface area contributed by atoms with Crippen molar-refractivity contribution in [3.63, 3.8) is 0 Å². The first-order valence-electron chi connectivity index (χ1n) is 7.59. The second kappa shape index (κ2) is 10.7. The van der Waals surface area contributed by atoms with Crippen LogP contribution in [0.25, 0.3) is 0 Å². The number of carbonyl (C=O) groups is 1. The number of nitrogens with one attached hydrogen (secondary N) is 3. The van der Waals surface area contributed by atoms with Gasteiger partial charge in [-0.1, -0.05) is 12.1 Å². The maximum Gasteiger partial charge on any atom is 0.251 e. The summed E-state index contributed by atoms with van der Waals surface area (Å²) in [6.07, 6.45) is 4.07. The Labute approximate surface area is 159 Å². The van der Waals surface area contributed by atoms with Gasteiger partial charge in [-0.25, -0.2) is 0 Å². The number of hydrogen-bond acceptors (Lipinski definition) is 2. The van der Waals surface area contributed by atoms with E-state index >= 15 is 0 Å². The highest BCUT2D eigenvalue weighted by Crippen LogP contribution is 2.04. The second-order valence-electron chi connectivity index (χ2n) is 5.05. The van der Waals surface area contributed by atoms with Crippen LogP contribution in [0.4, 0.5) is 0 Å². The minimum absolute atomic E-state index is 0. The highest BCUT2D eigenvalue weighted by atomic mass is 127. The molecular formula is C17H24IN5O. The predicted octanol–water partition coefficient (Wildman–Crippen LogP) is 1.83. The number of benzene rings is 1. The molecule has 2 aromatic rings. The van der Waals surface area contributed by atoms with E-state index in [0.29, 0.717) is 12.1 Å². The number of halogens is 1. The normalized spacial score (nSPS) is 10.7. The number of carbonyl (C=O) groups excluding carboxylic acids is 1. The summed E-state index contributed by atoms with van der Waals surface area (Å²) >= 11 is 0. The van der Waals surface area contributed by atoms with Crippen LogP contribution in [0.5, 0.6) is 0 Å². The first-order valence-corrected chi connectivity index (χ1v) is 7.59. The first kappa shape index (κ1) is 20.0. The average Bonchev–Trinajstić information content (AvgIpc) is 3.11. The number of guanidine groups is 1. The van der Waals surface area contributed by atoms with Crippen molar-refractivity contribution in [3.8, 4) is 0 Å². The van der Waals surface area contributed by atoms with Crippen molar-refractivity contribution in [2.75, 3.05) is 20.6 Å². The molecule has 0 aliphatic carbocycles. The van der Waals surface area contributed by atoms with Crippen LogP contribution < -0.4 is 16.0 Å². The molecular weight excluding hydrogens is 417 g/mol. The van der Waals surface area contributed by atoms with E-state index in [2.05, 4.69) is 25.5 Å². The Morgan fingerprint density at radius 1 is 1.12 bits per heavy atom. The Hall–Kier alpha value is -2.03. The van der Waals surface area contributed by atoms with E-state index < -0.39 is 0 Å². The zero-order chi connectivity index (χ0) is 16.5. The van der Waals surface area contributed by atoms with Gasteiger partial charge < -0.3 is 20.5 Å². The zero-order valence-electron chi connectivity index (χ0n) is 14.0. The van der Waals surface area contributed by atoms with E-state index in [0.717, 1.165) is 24.6 Å². The molecule has 1 aromatic carbocycles. The minimum atomic E-state index is -0.0769. The van der Waals surface area contributed by atoms with Gasteiger partial charge in [0.05, 0.1) is 0 Å². The van der Waals surface area contributed by atoms with Crippen molar-refractivity contribution in [1.29, 1.82) is 0 Å². The molecule has 24 heavy (non-hydrogen) atoms. The molecule has 130 valence electrons. The SMILES string of the molecule is CN=C(NCCn1cccc1)NCc1ccc(C(=O)NC)cc1.I. The molecule has 1 heterocycles. The summed E-state index contributed by atoms with van der Waals surface area (Å²) in [5, 5.41) is 9.14. The molecule has 0 atom stereocenters. The number of nitrogens with zero attached hydrogens (tertiary/aromatic N) is 2. The Kier molecular flexibility index (Phi) is 8.92. The molecule has 0 fully saturated rings. The first-order chi connectivity index (χ1) is 11.2. The van der Waals surface area contributed by atoms with E-state index in [1.54, 1.807) is 14.1 Å². The monoisotopic (exact) mass is 441 g/mol. The lowest BCUT2D eigenvalue weighted by molar-refractivity contribution is 0.0963. The van der Waals surface area contributed by atoms with Gasteiger partial charge in [0.25, 0.3) is 5.91 Å². The number of rotatable bonds is 6. The number of aliphatic imine (C=N–C) groups is 1. The summed E-state index contributed by atoms with van der Waals surface area (Å²) in [4.78, 5) is 15.7. The van der Waals surface area contributed by atoms with Gasteiger partial charge in [-0.2, -0.15) is 0 Å². The van der Waals surface area contributed by atoms with Gasteiger partial charge in [-0.15, -0.1) is 24.0 Å². The van der Waals surface area contributed by atoms with Crippen molar-refractivity contribution in [2.24, 2.45) is 4.99 Å². The van der Waals surface area contributed by atoms with E-state index in [4.69, 9.17) is 0 Å². The Bertz CT molecular complexity index is 638. The molecule has 0 aliphatic heterocycles. The minimum Gasteiger partial charge on any atom is -0.355 e.